The van der Waals surface area contributed by atoms with Gasteiger partial charge in [0.15, 0.2) is 6.61 Å². The summed E-state index contributed by atoms with van der Waals surface area (Å²) in [6, 6.07) is 7.70. The normalized spacial score (nSPS) is 12.0. The van der Waals surface area contributed by atoms with Crippen molar-refractivity contribution in [1.29, 1.82) is 0 Å². The maximum Gasteiger partial charge on any atom is 0.258 e. The van der Waals surface area contributed by atoms with Gasteiger partial charge in [0.2, 0.25) is 0 Å². The second-order valence-corrected chi connectivity index (χ2v) is 5.39. The third-order valence-electron chi connectivity index (χ3n) is 3.87. The van der Waals surface area contributed by atoms with Crippen molar-refractivity contribution >= 4 is 5.91 Å². The quantitative estimate of drug-likeness (QED) is 0.892. The molecule has 0 saturated heterocycles. The molecule has 5 heteroatoms. The summed E-state index contributed by atoms with van der Waals surface area (Å²) in [5.41, 5.74) is 3.20. The summed E-state index contributed by atoms with van der Waals surface area (Å²) in [6.07, 6.45) is 2.53. The number of benzene rings is 1. The maximum atomic E-state index is 12.1. The van der Waals surface area contributed by atoms with Gasteiger partial charge in [-0.25, -0.2) is 0 Å². The van der Waals surface area contributed by atoms with Crippen molar-refractivity contribution in [3.8, 4) is 5.75 Å². The van der Waals surface area contributed by atoms with Crippen LogP contribution in [0.5, 0.6) is 5.75 Å². The molecule has 1 N–H and O–H groups in total. The van der Waals surface area contributed by atoms with Crippen LogP contribution in [-0.4, -0.2) is 22.3 Å². The molecule has 2 rings (SSSR count). The van der Waals surface area contributed by atoms with E-state index < -0.39 is 0 Å². The van der Waals surface area contributed by atoms with Crippen LogP contribution in [0.1, 0.15) is 36.2 Å². The number of hydrogen-bond donors (Lipinski definition) is 1. The van der Waals surface area contributed by atoms with Gasteiger partial charge in [0, 0.05) is 13.2 Å². The smallest absolute Gasteiger partial charge is 0.258 e. The van der Waals surface area contributed by atoms with E-state index in [-0.39, 0.29) is 18.6 Å². The Balaban J connectivity index is 1.95. The summed E-state index contributed by atoms with van der Waals surface area (Å²) in [5, 5.41) is 7.13. The van der Waals surface area contributed by atoms with Crippen LogP contribution in [0.3, 0.4) is 0 Å². The molecule has 2 aromatic rings. The van der Waals surface area contributed by atoms with Crippen molar-refractivity contribution in [3.05, 3.63) is 47.3 Å². The number of hydrogen-bond acceptors (Lipinski definition) is 3. The van der Waals surface area contributed by atoms with Gasteiger partial charge in [-0.3, -0.25) is 9.48 Å². The highest BCUT2D eigenvalue weighted by molar-refractivity contribution is 5.78. The molecule has 118 valence electrons. The first-order chi connectivity index (χ1) is 10.5. The Morgan fingerprint density at radius 2 is 2.14 bits per heavy atom. The fourth-order valence-electron chi connectivity index (χ4n) is 2.37. The molecule has 0 bridgehead atoms. The molecule has 1 heterocycles. The molecule has 0 aliphatic rings. The highest BCUT2D eigenvalue weighted by atomic mass is 16.5. The number of ether oxygens (including phenoxy) is 1. The summed E-state index contributed by atoms with van der Waals surface area (Å²) in [4.78, 5) is 12.1. The van der Waals surface area contributed by atoms with Gasteiger partial charge in [-0.2, -0.15) is 5.10 Å². The molecule has 0 spiro atoms. The number of aromatic nitrogens is 2. The molecule has 1 atom stereocenters. The minimum atomic E-state index is -0.131. The minimum absolute atomic E-state index is 0.0125. The number of carbonyl (C=O) groups excluding carboxylic acids is 1. The highest BCUT2D eigenvalue weighted by Crippen LogP contribution is 2.20. The van der Waals surface area contributed by atoms with E-state index in [1.54, 1.807) is 10.9 Å². The lowest BCUT2D eigenvalue weighted by atomic mass is 10.1. The lowest BCUT2D eigenvalue weighted by Crippen LogP contribution is -2.33. The summed E-state index contributed by atoms with van der Waals surface area (Å²) in [7, 11) is 1.87. The van der Waals surface area contributed by atoms with Gasteiger partial charge < -0.3 is 10.1 Å². The second-order valence-electron chi connectivity index (χ2n) is 5.39. The summed E-state index contributed by atoms with van der Waals surface area (Å²) < 4.78 is 7.42. The minimum Gasteiger partial charge on any atom is -0.483 e. The number of nitrogens with zero attached hydrogens (tertiary/aromatic N) is 2. The summed E-state index contributed by atoms with van der Waals surface area (Å²) >= 11 is 0. The first kappa shape index (κ1) is 16.1. The molecule has 0 saturated carbocycles. The van der Waals surface area contributed by atoms with E-state index in [4.69, 9.17) is 4.74 Å². The monoisotopic (exact) mass is 301 g/mol. The van der Waals surface area contributed by atoms with E-state index in [9.17, 15) is 4.79 Å². The van der Waals surface area contributed by atoms with Crippen molar-refractivity contribution < 1.29 is 9.53 Å². The van der Waals surface area contributed by atoms with E-state index in [2.05, 4.69) is 10.4 Å². The van der Waals surface area contributed by atoms with E-state index in [0.29, 0.717) is 0 Å². The Morgan fingerprint density at radius 3 is 2.77 bits per heavy atom. The van der Waals surface area contributed by atoms with Crippen molar-refractivity contribution in [1.82, 2.24) is 15.1 Å². The third kappa shape index (κ3) is 3.67. The van der Waals surface area contributed by atoms with Crippen LogP contribution in [0, 0.1) is 13.8 Å². The van der Waals surface area contributed by atoms with Crippen LogP contribution >= 0.6 is 0 Å². The van der Waals surface area contributed by atoms with Gasteiger partial charge in [-0.15, -0.1) is 0 Å². The lowest BCUT2D eigenvalue weighted by molar-refractivity contribution is -0.123. The Labute approximate surface area is 131 Å². The first-order valence-electron chi connectivity index (χ1n) is 7.49. The molecular formula is C17H23N3O2. The third-order valence-corrected chi connectivity index (χ3v) is 3.87. The topological polar surface area (TPSA) is 56.1 Å². The molecule has 5 nitrogen and oxygen atoms in total. The molecule has 0 aliphatic carbocycles. The summed E-state index contributed by atoms with van der Waals surface area (Å²) in [6.45, 7) is 6.06. The van der Waals surface area contributed by atoms with Crippen LogP contribution in [0.15, 0.2) is 30.5 Å². The molecule has 1 amide bonds. The average Bonchev–Trinajstić information content (AvgIpc) is 2.92. The first-order valence-corrected chi connectivity index (χ1v) is 7.49. The van der Waals surface area contributed by atoms with Crippen LogP contribution in [0.4, 0.5) is 0 Å². The molecule has 0 aliphatic heterocycles. The second kappa shape index (κ2) is 7.11. The summed E-state index contributed by atoms with van der Waals surface area (Å²) in [5.74, 6) is 0.623. The van der Waals surface area contributed by atoms with Crippen molar-refractivity contribution in [3.63, 3.8) is 0 Å². The average molecular weight is 301 g/mol. The molecule has 22 heavy (non-hydrogen) atoms. The van der Waals surface area contributed by atoms with Crippen LogP contribution < -0.4 is 10.1 Å². The number of aryl methyl sites for hydroxylation is 2. The fraction of sp³-hybridized carbons (Fsp3) is 0.412. The predicted octanol–water partition coefficient (Wildman–Crippen LogP) is 2.68. The number of amides is 1. The highest BCUT2D eigenvalue weighted by Gasteiger charge is 2.16. The molecule has 1 unspecified atom stereocenters. The van der Waals surface area contributed by atoms with Crippen LogP contribution in [0.2, 0.25) is 0 Å². The Morgan fingerprint density at radius 1 is 1.36 bits per heavy atom. The number of carbonyl (C=O) groups is 1. The van der Waals surface area contributed by atoms with Gasteiger partial charge >= 0.3 is 0 Å². The predicted molar refractivity (Wildman–Crippen MR) is 85.8 cm³/mol. The van der Waals surface area contributed by atoms with Crippen molar-refractivity contribution in [2.24, 2.45) is 7.05 Å². The van der Waals surface area contributed by atoms with Gasteiger partial charge in [0.05, 0.1) is 11.7 Å². The van der Waals surface area contributed by atoms with Crippen molar-refractivity contribution in [2.75, 3.05) is 6.61 Å². The van der Waals surface area contributed by atoms with E-state index in [0.717, 1.165) is 29.0 Å². The lowest BCUT2D eigenvalue weighted by Gasteiger charge is -2.18. The zero-order valence-electron chi connectivity index (χ0n) is 13.6. The standard InChI is InChI=1S/C17H23N3O2/c1-5-14(15-9-10-18-20(15)4)19-17(21)11-22-16-8-6-7-12(2)13(16)3/h6-10,14H,5,11H2,1-4H3,(H,19,21). The van der Waals surface area contributed by atoms with E-state index in [1.807, 2.05) is 52.1 Å². The zero-order valence-corrected chi connectivity index (χ0v) is 13.6. The van der Waals surface area contributed by atoms with Crippen molar-refractivity contribution in [2.45, 2.75) is 33.2 Å². The van der Waals surface area contributed by atoms with Gasteiger partial charge in [0.1, 0.15) is 5.75 Å². The SMILES string of the molecule is CCC(NC(=O)COc1cccc(C)c1C)c1ccnn1C. The Bertz CT molecular complexity index is 649. The fourth-order valence-corrected chi connectivity index (χ4v) is 2.37. The molecule has 1 aromatic heterocycles. The van der Waals surface area contributed by atoms with Gasteiger partial charge in [-0.05, 0) is 43.5 Å². The molecule has 0 fully saturated rings. The molecule has 0 radical (unpaired) electrons. The zero-order chi connectivity index (χ0) is 16.1. The molecule has 1 aromatic carbocycles. The largest absolute Gasteiger partial charge is 0.483 e. The van der Waals surface area contributed by atoms with Gasteiger partial charge in [-0.1, -0.05) is 19.1 Å². The Kier molecular flexibility index (Phi) is 5.20. The number of rotatable bonds is 6. The van der Waals surface area contributed by atoms with Crippen LogP contribution in [-0.2, 0) is 11.8 Å². The van der Waals surface area contributed by atoms with E-state index >= 15 is 0 Å². The number of nitrogens with one attached hydrogen (secondary N) is 1. The Hall–Kier alpha value is -2.30. The van der Waals surface area contributed by atoms with Gasteiger partial charge in [0.25, 0.3) is 5.91 Å². The molecular weight excluding hydrogens is 278 g/mol. The van der Waals surface area contributed by atoms with Crippen LogP contribution in [0.25, 0.3) is 0 Å². The van der Waals surface area contributed by atoms with E-state index in [1.165, 1.54) is 0 Å². The maximum absolute atomic E-state index is 12.1.